The molecule has 5 atom stereocenters. The predicted molar refractivity (Wildman–Crippen MR) is 150 cm³/mol. The van der Waals surface area contributed by atoms with Gasteiger partial charge in [-0.15, -0.1) is 0 Å². The number of phenolic OH excluding ortho intramolecular Hbond substituents is 5. The van der Waals surface area contributed by atoms with Crippen molar-refractivity contribution in [3.05, 3.63) is 76.5 Å². The van der Waals surface area contributed by atoms with Crippen LogP contribution in [0.25, 0.3) is 28.4 Å². The van der Waals surface area contributed by atoms with Gasteiger partial charge in [0.2, 0.25) is 6.29 Å². The van der Waals surface area contributed by atoms with Crippen LogP contribution in [0.5, 0.6) is 34.5 Å². The van der Waals surface area contributed by atoms with Crippen LogP contribution in [0.2, 0.25) is 0 Å². The van der Waals surface area contributed by atoms with Crippen molar-refractivity contribution in [2.24, 2.45) is 0 Å². The molecular formula is C30H26O14. The number of rotatable bonds is 7. The molecule has 14 heteroatoms. The summed E-state index contributed by atoms with van der Waals surface area (Å²) in [7, 11) is 0. The Morgan fingerprint density at radius 3 is 2.20 bits per heavy atom. The molecule has 14 nitrogen and oxygen atoms in total. The molecule has 0 bridgehead atoms. The molecule has 2 heterocycles. The van der Waals surface area contributed by atoms with Gasteiger partial charge in [-0.1, -0.05) is 6.07 Å². The first-order valence-corrected chi connectivity index (χ1v) is 13.0. The van der Waals surface area contributed by atoms with Crippen molar-refractivity contribution in [3.63, 3.8) is 0 Å². The van der Waals surface area contributed by atoms with Crippen molar-refractivity contribution in [2.75, 3.05) is 6.61 Å². The Balaban J connectivity index is 1.32. The molecule has 3 aromatic carbocycles. The quantitative estimate of drug-likeness (QED) is 0.0840. The fourth-order valence-corrected chi connectivity index (χ4v) is 4.44. The minimum absolute atomic E-state index is 0.0139. The van der Waals surface area contributed by atoms with Gasteiger partial charge in [-0.05, 0) is 42.0 Å². The molecule has 230 valence electrons. The highest BCUT2D eigenvalue weighted by molar-refractivity contribution is 5.87. The molecule has 1 aliphatic rings. The number of ether oxygens (including phenoxy) is 3. The van der Waals surface area contributed by atoms with Gasteiger partial charge in [0.15, 0.2) is 28.4 Å². The van der Waals surface area contributed by atoms with E-state index in [0.29, 0.717) is 5.56 Å². The van der Waals surface area contributed by atoms with Crippen LogP contribution in [-0.2, 0) is 14.3 Å². The summed E-state index contributed by atoms with van der Waals surface area (Å²) in [5.41, 5.74) is -0.175. The number of aliphatic hydroxyl groups excluding tert-OH is 3. The molecule has 0 amide bonds. The number of hydrogen-bond acceptors (Lipinski definition) is 14. The lowest BCUT2D eigenvalue weighted by molar-refractivity contribution is -0.278. The summed E-state index contributed by atoms with van der Waals surface area (Å²) in [5, 5.41) is 79.9. The van der Waals surface area contributed by atoms with Gasteiger partial charge in [-0.25, -0.2) is 4.79 Å². The molecule has 1 fully saturated rings. The van der Waals surface area contributed by atoms with Crippen LogP contribution >= 0.6 is 0 Å². The standard InChI is InChI=1S/C30H26O14/c31-16-4-1-13(7-18(16)33)2-6-25(37)41-12-24-27(38)28(39)29(40)30(44-24)42-15-9-20(35)26-21(36)11-22(43-23(26)10-15)14-3-5-17(32)19(34)8-14/h1-11,24,27-35,38-40H,12H2. The van der Waals surface area contributed by atoms with Gasteiger partial charge >= 0.3 is 5.97 Å². The lowest BCUT2D eigenvalue weighted by Gasteiger charge is -2.39. The lowest BCUT2D eigenvalue weighted by atomic mass is 9.99. The van der Waals surface area contributed by atoms with E-state index in [1.54, 1.807) is 0 Å². The Morgan fingerprint density at radius 1 is 0.795 bits per heavy atom. The second kappa shape index (κ2) is 12.1. The lowest BCUT2D eigenvalue weighted by Crippen LogP contribution is -2.60. The maximum Gasteiger partial charge on any atom is 0.330 e. The normalized spacial score (nSPS) is 21.8. The summed E-state index contributed by atoms with van der Waals surface area (Å²) < 4.78 is 22.0. The largest absolute Gasteiger partial charge is 0.507 e. The van der Waals surface area contributed by atoms with Crippen LogP contribution < -0.4 is 10.2 Å². The Hall–Kier alpha value is -5.28. The van der Waals surface area contributed by atoms with Crippen LogP contribution in [0, 0.1) is 0 Å². The van der Waals surface area contributed by atoms with Crippen molar-refractivity contribution in [1.82, 2.24) is 0 Å². The van der Waals surface area contributed by atoms with E-state index < -0.39 is 66.0 Å². The van der Waals surface area contributed by atoms with E-state index in [1.807, 2.05) is 0 Å². The number of phenols is 5. The van der Waals surface area contributed by atoms with Crippen molar-refractivity contribution >= 4 is 23.0 Å². The third-order valence-electron chi connectivity index (χ3n) is 6.77. The number of carbonyl (C=O) groups excluding carboxylic acids is 1. The maximum absolute atomic E-state index is 12.7. The summed E-state index contributed by atoms with van der Waals surface area (Å²) in [4.78, 5) is 24.9. The second-order valence-corrected chi connectivity index (χ2v) is 9.84. The first-order valence-electron chi connectivity index (χ1n) is 13.0. The number of esters is 1. The monoisotopic (exact) mass is 610 g/mol. The van der Waals surface area contributed by atoms with Crippen molar-refractivity contribution in [3.8, 4) is 45.8 Å². The molecule has 4 aromatic rings. The number of carbonyl (C=O) groups is 1. The van der Waals surface area contributed by atoms with E-state index in [4.69, 9.17) is 18.6 Å². The van der Waals surface area contributed by atoms with Crippen molar-refractivity contribution in [2.45, 2.75) is 30.7 Å². The summed E-state index contributed by atoms with van der Waals surface area (Å²) in [5.74, 6) is -3.18. The van der Waals surface area contributed by atoms with Gasteiger partial charge in [0.05, 0.1) is 0 Å². The Labute approximate surface area is 247 Å². The summed E-state index contributed by atoms with van der Waals surface area (Å²) in [6.07, 6.45) is -5.99. The molecule has 1 aliphatic heterocycles. The van der Waals surface area contributed by atoms with Crippen LogP contribution in [0.4, 0.5) is 0 Å². The van der Waals surface area contributed by atoms with E-state index in [0.717, 1.165) is 18.2 Å². The van der Waals surface area contributed by atoms with Gasteiger partial charge in [0, 0.05) is 29.8 Å². The number of aromatic hydroxyl groups is 5. The van der Waals surface area contributed by atoms with Crippen LogP contribution in [0.15, 0.2) is 69.9 Å². The third kappa shape index (κ3) is 6.23. The SMILES string of the molecule is O=C(C=Cc1ccc(O)c(O)c1)OCC1OC(Oc2cc(O)c3c(=O)cc(-c4ccc(O)c(O)c4)oc3c2)C(O)C(O)C1O. The van der Waals surface area contributed by atoms with Crippen LogP contribution in [0.1, 0.15) is 5.56 Å². The van der Waals surface area contributed by atoms with E-state index in [9.17, 15) is 50.4 Å². The van der Waals surface area contributed by atoms with Crippen molar-refractivity contribution in [1.29, 1.82) is 0 Å². The van der Waals surface area contributed by atoms with E-state index in [2.05, 4.69) is 0 Å². The van der Waals surface area contributed by atoms with E-state index >= 15 is 0 Å². The zero-order chi connectivity index (χ0) is 31.7. The van der Waals surface area contributed by atoms with Crippen molar-refractivity contribution < 1.29 is 64.3 Å². The summed E-state index contributed by atoms with van der Waals surface area (Å²) in [6, 6.07) is 10.9. The second-order valence-electron chi connectivity index (χ2n) is 9.84. The van der Waals surface area contributed by atoms with Gasteiger partial charge in [-0.2, -0.15) is 0 Å². The average Bonchev–Trinajstić information content (AvgIpc) is 2.98. The number of fused-ring (bicyclic) bond motifs is 1. The molecule has 1 aromatic heterocycles. The minimum Gasteiger partial charge on any atom is -0.507 e. The zero-order valence-corrected chi connectivity index (χ0v) is 22.5. The molecule has 0 spiro atoms. The van der Waals surface area contributed by atoms with Gasteiger partial charge < -0.3 is 59.5 Å². The topological polar surface area (TPSA) is 237 Å². The van der Waals surface area contributed by atoms with Crippen LogP contribution in [0.3, 0.4) is 0 Å². The number of benzene rings is 3. The van der Waals surface area contributed by atoms with E-state index in [1.165, 1.54) is 48.5 Å². The molecule has 5 rings (SSSR count). The highest BCUT2D eigenvalue weighted by Gasteiger charge is 2.45. The Kier molecular flexibility index (Phi) is 8.33. The number of aliphatic hydroxyl groups is 3. The average molecular weight is 611 g/mol. The Morgan fingerprint density at radius 2 is 1.50 bits per heavy atom. The maximum atomic E-state index is 12.7. The fraction of sp³-hybridized carbons (Fsp3) is 0.200. The van der Waals surface area contributed by atoms with E-state index in [-0.39, 0.29) is 39.5 Å². The molecule has 1 saturated heterocycles. The molecule has 0 saturated carbocycles. The van der Waals surface area contributed by atoms with Gasteiger partial charge in [0.25, 0.3) is 0 Å². The first-order chi connectivity index (χ1) is 20.9. The molecule has 5 unspecified atom stereocenters. The molecular weight excluding hydrogens is 584 g/mol. The smallest absolute Gasteiger partial charge is 0.330 e. The number of hydrogen-bond donors (Lipinski definition) is 8. The summed E-state index contributed by atoms with van der Waals surface area (Å²) in [6.45, 7) is -0.574. The molecule has 0 radical (unpaired) electrons. The minimum atomic E-state index is -1.80. The van der Waals surface area contributed by atoms with Crippen LogP contribution in [-0.4, -0.2) is 84.1 Å². The zero-order valence-electron chi connectivity index (χ0n) is 22.5. The fourth-order valence-electron chi connectivity index (χ4n) is 4.44. The Bertz CT molecular complexity index is 1800. The van der Waals surface area contributed by atoms with Gasteiger partial charge in [0.1, 0.15) is 59.3 Å². The predicted octanol–water partition coefficient (Wildman–Crippen LogP) is 1.43. The summed E-state index contributed by atoms with van der Waals surface area (Å²) >= 11 is 0. The molecule has 0 aliphatic carbocycles. The molecule has 8 N–H and O–H groups in total. The van der Waals surface area contributed by atoms with Gasteiger partial charge in [-0.3, -0.25) is 4.79 Å². The molecule has 44 heavy (non-hydrogen) atoms. The highest BCUT2D eigenvalue weighted by atomic mass is 16.7. The first kappa shape index (κ1) is 30.2. The highest BCUT2D eigenvalue weighted by Crippen LogP contribution is 2.35. The third-order valence-corrected chi connectivity index (χ3v) is 6.77.